The SMILES string of the molecule is CCOC(=O)CC(O)CNCCS(=O)CC. The van der Waals surface area contributed by atoms with E-state index in [1.807, 2.05) is 6.92 Å². The van der Waals surface area contributed by atoms with Crippen LogP contribution in [0.1, 0.15) is 20.3 Å². The number of esters is 1. The average Bonchev–Trinajstić information content (AvgIpc) is 2.24. The lowest BCUT2D eigenvalue weighted by atomic mass is 10.2. The molecule has 0 fully saturated rings. The molecule has 0 saturated heterocycles. The molecule has 0 radical (unpaired) electrons. The van der Waals surface area contributed by atoms with Gasteiger partial charge < -0.3 is 15.2 Å². The summed E-state index contributed by atoms with van der Waals surface area (Å²) in [6, 6.07) is 0. The van der Waals surface area contributed by atoms with Crippen molar-refractivity contribution in [3.05, 3.63) is 0 Å². The maximum absolute atomic E-state index is 11.1. The molecule has 0 spiro atoms. The molecule has 0 rings (SSSR count). The second-order valence-corrected chi connectivity index (χ2v) is 5.16. The molecule has 0 heterocycles. The molecule has 0 aliphatic heterocycles. The number of carbonyl (C=O) groups is 1. The Morgan fingerprint density at radius 2 is 2.19 bits per heavy atom. The minimum atomic E-state index is -0.791. The van der Waals surface area contributed by atoms with Gasteiger partial charge in [-0.1, -0.05) is 6.92 Å². The van der Waals surface area contributed by atoms with Crippen molar-refractivity contribution in [3.63, 3.8) is 0 Å². The number of aliphatic hydroxyl groups is 1. The van der Waals surface area contributed by atoms with Gasteiger partial charge in [0.15, 0.2) is 0 Å². The molecule has 0 amide bonds. The van der Waals surface area contributed by atoms with Crippen molar-refractivity contribution < 1.29 is 18.8 Å². The summed E-state index contributed by atoms with van der Waals surface area (Å²) in [5.41, 5.74) is 0. The van der Waals surface area contributed by atoms with E-state index in [0.29, 0.717) is 31.2 Å². The number of hydrogen-bond donors (Lipinski definition) is 2. The molecule has 0 aliphatic rings. The van der Waals surface area contributed by atoms with Crippen LogP contribution in [0.15, 0.2) is 0 Å². The molecule has 96 valence electrons. The van der Waals surface area contributed by atoms with E-state index in [0.717, 1.165) is 0 Å². The van der Waals surface area contributed by atoms with E-state index >= 15 is 0 Å². The van der Waals surface area contributed by atoms with Crippen molar-refractivity contribution in [1.82, 2.24) is 5.32 Å². The van der Waals surface area contributed by atoms with Crippen LogP contribution in [0.25, 0.3) is 0 Å². The van der Waals surface area contributed by atoms with Gasteiger partial charge in [0, 0.05) is 35.4 Å². The summed E-state index contributed by atoms with van der Waals surface area (Å²) in [6.07, 6.45) is -0.744. The van der Waals surface area contributed by atoms with Gasteiger partial charge in [-0.05, 0) is 6.92 Å². The molecule has 2 N–H and O–H groups in total. The molecular weight excluding hydrogens is 230 g/mol. The summed E-state index contributed by atoms with van der Waals surface area (Å²) in [7, 11) is -0.791. The van der Waals surface area contributed by atoms with Crippen LogP contribution in [-0.2, 0) is 20.3 Å². The van der Waals surface area contributed by atoms with Crippen LogP contribution in [0, 0.1) is 0 Å². The highest BCUT2D eigenvalue weighted by atomic mass is 32.2. The Morgan fingerprint density at radius 1 is 1.50 bits per heavy atom. The molecule has 5 nitrogen and oxygen atoms in total. The summed E-state index contributed by atoms with van der Waals surface area (Å²) < 4.78 is 15.8. The summed E-state index contributed by atoms with van der Waals surface area (Å²) in [4.78, 5) is 11.0. The number of hydrogen-bond acceptors (Lipinski definition) is 5. The number of rotatable bonds is 9. The van der Waals surface area contributed by atoms with Crippen molar-refractivity contribution in [2.75, 3.05) is 31.2 Å². The predicted molar refractivity (Wildman–Crippen MR) is 63.7 cm³/mol. The fraction of sp³-hybridized carbons (Fsp3) is 0.900. The van der Waals surface area contributed by atoms with Crippen molar-refractivity contribution in [2.24, 2.45) is 0 Å². The third-order valence-corrected chi connectivity index (χ3v) is 3.22. The molecule has 0 bridgehead atoms. The van der Waals surface area contributed by atoms with Crippen LogP contribution in [0.2, 0.25) is 0 Å². The smallest absolute Gasteiger partial charge is 0.308 e. The predicted octanol–water partition coefficient (Wildman–Crippen LogP) is -0.341. The van der Waals surface area contributed by atoms with E-state index < -0.39 is 22.9 Å². The second-order valence-electron chi connectivity index (χ2n) is 3.30. The van der Waals surface area contributed by atoms with Crippen LogP contribution >= 0.6 is 0 Å². The van der Waals surface area contributed by atoms with Gasteiger partial charge in [-0.25, -0.2) is 0 Å². The number of carbonyl (C=O) groups excluding carboxylic acids is 1. The normalized spacial score (nSPS) is 14.4. The Kier molecular flexibility index (Phi) is 9.46. The number of aliphatic hydroxyl groups excluding tert-OH is 1. The lowest BCUT2D eigenvalue weighted by molar-refractivity contribution is -0.145. The molecule has 16 heavy (non-hydrogen) atoms. The van der Waals surface area contributed by atoms with Crippen molar-refractivity contribution in [3.8, 4) is 0 Å². The maximum Gasteiger partial charge on any atom is 0.308 e. The summed E-state index contributed by atoms with van der Waals surface area (Å²) in [5, 5.41) is 12.4. The van der Waals surface area contributed by atoms with Crippen LogP contribution in [0.3, 0.4) is 0 Å². The summed E-state index contributed by atoms with van der Waals surface area (Å²) >= 11 is 0. The Morgan fingerprint density at radius 3 is 2.75 bits per heavy atom. The van der Waals surface area contributed by atoms with Gasteiger partial charge in [0.25, 0.3) is 0 Å². The minimum absolute atomic E-state index is 0.00227. The van der Waals surface area contributed by atoms with Gasteiger partial charge in [0.05, 0.1) is 19.1 Å². The highest BCUT2D eigenvalue weighted by Crippen LogP contribution is 1.93. The first-order valence-electron chi connectivity index (χ1n) is 5.49. The quantitative estimate of drug-likeness (QED) is 0.433. The Balaban J connectivity index is 3.46. The van der Waals surface area contributed by atoms with Gasteiger partial charge in [-0.3, -0.25) is 9.00 Å². The zero-order valence-corrected chi connectivity index (χ0v) is 10.7. The Bertz CT molecular complexity index is 223. The standard InChI is InChI=1S/C10H21NO4S/c1-3-15-10(13)7-9(12)8-11-5-6-16(14)4-2/h9,11-12H,3-8H2,1-2H3. The highest BCUT2D eigenvalue weighted by molar-refractivity contribution is 7.84. The first-order chi connectivity index (χ1) is 7.60. The molecule has 6 heteroatoms. The fourth-order valence-electron chi connectivity index (χ4n) is 1.08. The lowest BCUT2D eigenvalue weighted by Crippen LogP contribution is -2.31. The van der Waals surface area contributed by atoms with Gasteiger partial charge in [-0.15, -0.1) is 0 Å². The van der Waals surface area contributed by atoms with Crippen LogP contribution in [0.4, 0.5) is 0 Å². The van der Waals surface area contributed by atoms with Crippen LogP contribution in [-0.4, -0.2) is 52.6 Å². The third kappa shape index (κ3) is 8.82. The van der Waals surface area contributed by atoms with Gasteiger partial charge in [-0.2, -0.15) is 0 Å². The first kappa shape index (κ1) is 15.5. The second kappa shape index (κ2) is 9.74. The molecule has 2 unspecified atom stereocenters. The van der Waals surface area contributed by atoms with Crippen LogP contribution < -0.4 is 5.32 Å². The third-order valence-electron chi connectivity index (χ3n) is 1.92. The van der Waals surface area contributed by atoms with Gasteiger partial charge >= 0.3 is 5.97 Å². The monoisotopic (exact) mass is 251 g/mol. The molecule has 2 atom stereocenters. The highest BCUT2D eigenvalue weighted by Gasteiger charge is 2.10. The fourth-order valence-corrected chi connectivity index (χ4v) is 1.74. The summed E-state index contributed by atoms with van der Waals surface area (Å²) in [5.74, 6) is 0.823. The lowest BCUT2D eigenvalue weighted by Gasteiger charge is -2.10. The van der Waals surface area contributed by atoms with Gasteiger partial charge in [0.2, 0.25) is 0 Å². The maximum atomic E-state index is 11.1. The topological polar surface area (TPSA) is 75.6 Å². The van der Waals surface area contributed by atoms with E-state index in [2.05, 4.69) is 5.32 Å². The molecule has 0 saturated carbocycles. The number of ether oxygens (including phenoxy) is 1. The van der Waals surface area contributed by atoms with Crippen molar-refractivity contribution in [2.45, 2.75) is 26.4 Å². The Labute approximate surface area is 99.0 Å². The van der Waals surface area contributed by atoms with E-state index in [1.54, 1.807) is 6.92 Å². The number of nitrogens with one attached hydrogen (secondary N) is 1. The molecule has 0 aliphatic carbocycles. The molecule has 0 aromatic carbocycles. The molecule has 0 aromatic heterocycles. The van der Waals surface area contributed by atoms with Gasteiger partial charge in [0.1, 0.15) is 0 Å². The zero-order chi connectivity index (χ0) is 12.4. The minimum Gasteiger partial charge on any atom is -0.466 e. The van der Waals surface area contributed by atoms with Crippen molar-refractivity contribution >= 4 is 16.8 Å². The van der Waals surface area contributed by atoms with Crippen molar-refractivity contribution in [1.29, 1.82) is 0 Å². The van der Waals surface area contributed by atoms with E-state index in [4.69, 9.17) is 4.74 Å². The first-order valence-corrected chi connectivity index (χ1v) is 6.98. The van der Waals surface area contributed by atoms with Crippen LogP contribution in [0.5, 0.6) is 0 Å². The average molecular weight is 251 g/mol. The largest absolute Gasteiger partial charge is 0.466 e. The summed E-state index contributed by atoms with van der Waals surface area (Å²) in [6.45, 7) is 4.82. The van der Waals surface area contributed by atoms with E-state index in [1.165, 1.54) is 0 Å². The zero-order valence-electron chi connectivity index (χ0n) is 9.90. The van der Waals surface area contributed by atoms with E-state index in [-0.39, 0.29) is 6.42 Å². The molecular formula is C10H21NO4S. The molecule has 0 aromatic rings. The van der Waals surface area contributed by atoms with E-state index in [9.17, 15) is 14.1 Å². The Hall–Kier alpha value is -0.460.